The molecular formula is C18H16BrN4O3+. The summed E-state index contributed by atoms with van der Waals surface area (Å²) in [7, 11) is 1.75. The molecular weight excluding hydrogens is 400 g/mol. The Morgan fingerprint density at radius 3 is 2.69 bits per heavy atom. The molecule has 7 nitrogen and oxygen atoms in total. The van der Waals surface area contributed by atoms with Gasteiger partial charge < -0.3 is 0 Å². The summed E-state index contributed by atoms with van der Waals surface area (Å²) in [5.74, 6) is 0.300. The van der Waals surface area contributed by atoms with Crippen molar-refractivity contribution in [1.82, 2.24) is 4.57 Å². The minimum absolute atomic E-state index is 0.000895. The van der Waals surface area contributed by atoms with E-state index in [0.717, 1.165) is 4.47 Å². The van der Waals surface area contributed by atoms with Gasteiger partial charge in [0, 0.05) is 27.7 Å². The third-order valence-electron chi connectivity index (χ3n) is 4.09. The molecule has 0 saturated heterocycles. The number of nitrogens with zero attached hydrogens (tertiary/aromatic N) is 3. The third-order valence-corrected chi connectivity index (χ3v) is 4.58. The van der Waals surface area contributed by atoms with Crippen molar-refractivity contribution >= 4 is 33.3 Å². The van der Waals surface area contributed by atoms with Gasteiger partial charge >= 0.3 is 5.95 Å². The van der Waals surface area contributed by atoms with E-state index in [4.69, 9.17) is 5.73 Å². The number of anilines is 1. The van der Waals surface area contributed by atoms with Crippen molar-refractivity contribution in [3.8, 4) is 11.3 Å². The van der Waals surface area contributed by atoms with Crippen molar-refractivity contribution in [2.75, 3.05) is 5.73 Å². The van der Waals surface area contributed by atoms with Crippen LogP contribution in [0.5, 0.6) is 0 Å². The smallest absolute Gasteiger partial charge is 0.291 e. The van der Waals surface area contributed by atoms with E-state index in [9.17, 15) is 14.9 Å². The van der Waals surface area contributed by atoms with E-state index in [1.165, 1.54) is 12.1 Å². The number of halogens is 1. The molecule has 0 bridgehead atoms. The molecule has 0 aliphatic rings. The van der Waals surface area contributed by atoms with Crippen LogP contribution in [0.2, 0.25) is 0 Å². The summed E-state index contributed by atoms with van der Waals surface area (Å²) in [5.41, 5.74) is 8.04. The number of benzene rings is 2. The van der Waals surface area contributed by atoms with E-state index < -0.39 is 4.92 Å². The highest BCUT2D eigenvalue weighted by molar-refractivity contribution is 9.10. The summed E-state index contributed by atoms with van der Waals surface area (Å²) in [6.07, 6.45) is 1.73. The summed E-state index contributed by atoms with van der Waals surface area (Å²) >= 11 is 3.35. The first-order valence-electron chi connectivity index (χ1n) is 7.75. The van der Waals surface area contributed by atoms with Crippen molar-refractivity contribution < 1.29 is 14.3 Å². The van der Waals surface area contributed by atoms with Gasteiger partial charge in [-0.05, 0) is 12.1 Å². The fraction of sp³-hybridized carbons (Fsp3) is 0.111. The molecule has 0 fully saturated rings. The predicted octanol–water partition coefficient (Wildman–Crippen LogP) is 3.12. The standard InChI is InChI=1S/C18H15BrN4O3/c1-21-16(12-4-3-7-15(9-12)23(25)26)10-22(18(21)20)11-17(24)13-5-2-6-14(19)8-13/h2-10,20H,11H2,1H3/p+1. The Kier molecular flexibility index (Phi) is 4.85. The first kappa shape index (κ1) is 17.8. The first-order chi connectivity index (χ1) is 12.4. The number of nitrogen functional groups attached to an aromatic ring is 1. The first-order valence-corrected chi connectivity index (χ1v) is 8.54. The number of rotatable bonds is 5. The Balaban J connectivity index is 1.94. The molecule has 3 rings (SSSR count). The van der Waals surface area contributed by atoms with E-state index in [1.54, 1.807) is 52.7 Å². The second-order valence-corrected chi connectivity index (χ2v) is 6.72. The van der Waals surface area contributed by atoms with Crippen LogP contribution >= 0.6 is 15.9 Å². The van der Waals surface area contributed by atoms with Gasteiger partial charge in [0.05, 0.1) is 12.0 Å². The topological polar surface area (TPSA) is 95.0 Å². The minimum atomic E-state index is -0.444. The summed E-state index contributed by atoms with van der Waals surface area (Å²) < 4.78 is 4.16. The van der Waals surface area contributed by atoms with E-state index >= 15 is 0 Å². The molecule has 1 heterocycles. The number of hydrogen-bond acceptors (Lipinski definition) is 4. The van der Waals surface area contributed by atoms with Gasteiger partial charge in [0.1, 0.15) is 18.4 Å². The van der Waals surface area contributed by atoms with Gasteiger partial charge in [-0.15, -0.1) is 0 Å². The monoisotopic (exact) mass is 415 g/mol. The third kappa shape index (κ3) is 3.50. The van der Waals surface area contributed by atoms with Crippen LogP contribution in [-0.4, -0.2) is 15.3 Å². The van der Waals surface area contributed by atoms with Crippen molar-refractivity contribution in [1.29, 1.82) is 0 Å². The summed E-state index contributed by atoms with van der Waals surface area (Å²) in [6, 6.07) is 13.4. The van der Waals surface area contributed by atoms with Crippen LogP contribution in [-0.2, 0) is 13.6 Å². The largest absolute Gasteiger partial charge is 0.355 e. The van der Waals surface area contributed by atoms with Gasteiger partial charge in [-0.25, -0.2) is 9.13 Å². The van der Waals surface area contributed by atoms with Crippen LogP contribution < -0.4 is 10.3 Å². The van der Waals surface area contributed by atoms with Crippen LogP contribution in [0.1, 0.15) is 10.4 Å². The number of aromatic nitrogens is 2. The number of nitrogens with two attached hydrogens (primary N) is 1. The summed E-state index contributed by atoms with van der Waals surface area (Å²) in [4.78, 5) is 23.1. The molecule has 0 spiro atoms. The van der Waals surface area contributed by atoms with Gasteiger partial charge in [-0.3, -0.25) is 20.6 Å². The Hall–Kier alpha value is -3.00. The van der Waals surface area contributed by atoms with Crippen LogP contribution in [0.4, 0.5) is 11.6 Å². The Morgan fingerprint density at radius 1 is 1.27 bits per heavy atom. The Morgan fingerprint density at radius 2 is 2.00 bits per heavy atom. The van der Waals surface area contributed by atoms with Crippen LogP contribution in [0, 0.1) is 10.1 Å². The minimum Gasteiger partial charge on any atom is -0.291 e. The van der Waals surface area contributed by atoms with E-state index in [-0.39, 0.29) is 18.0 Å². The Bertz CT molecular complexity index is 1010. The number of ketones is 1. The number of carbonyl (C=O) groups is 1. The molecule has 0 saturated carbocycles. The highest BCUT2D eigenvalue weighted by Crippen LogP contribution is 2.24. The molecule has 3 aromatic rings. The Labute approximate surface area is 158 Å². The molecule has 2 N–H and O–H groups in total. The van der Waals surface area contributed by atoms with Gasteiger partial charge in [-0.2, -0.15) is 0 Å². The number of imidazole rings is 1. The molecule has 0 aliphatic carbocycles. The molecule has 0 amide bonds. The number of non-ortho nitro benzene ring substituents is 1. The fourth-order valence-corrected chi connectivity index (χ4v) is 3.10. The zero-order valence-electron chi connectivity index (χ0n) is 13.9. The maximum Gasteiger partial charge on any atom is 0.355 e. The van der Waals surface area contributed by atoms with Crippen molar-refractivity contribution in [3.05, 3.63) is 74.9 Å². The summed E-state index contributed by atoms with van der Waals surface area (Å²) in [6.45, 7) is 0.0745. The van der Waals surface area contributed by atoms with Crippen LogP contribution in [0.25, 0.3) is 11.3 Å². The molecule has 132 valence electrons. The van der Waals surface area contributed by atoms with Gasteiger partial charge in [0.15, 0.2) is 5.78 Å². The molecule has 0 radical (unpaired) electrons. The average molecular weight is 416 g/mol. The molecule has 8 heteroatoms. The van der Waals surface area contributed by atoms with Crippen LogP contribution in [0.15, 0.2) is 59.2 Å². The zero-order chi connectivity index (χ0) is 18.8. The second-order valence-electron chi connectivity index (χ2n) is 5.80. The molecule has 2 aromatic carbocycles. The number of hydrogen-bond donors (Lipinski definition) is 1. The van der Waals surface area contributed by atoms with E-state index in [2.05, 4.69) is 15.9 Å². The number of nitro groups is 1. The lowest BCUT2D eigenvalue weighted by molar-refractivity contribution is -0.667. The van der Waals surface area contributed by atoms with Crippen molar-refractivity contribution in [3.63, 3.8) is 0 Å². The SMILES string of the molecule is Cn1c(-c2cccc([N+](=O)[O-])c2)c[n+](CC(=O)c2cccc(Br)c2)c1N. The molecule has 0 atom stereocenters. The molecule has 26 heavy (non-hydrogen) atoms. The lowest BCUT2D eigenvalue weighted by Gasteiger charge is -2.01. The average Bonchev–Trinajstić information content (AvgIpc) is 2.90. The van der Waals surface area contributed by atoms with Gasteiger partial charge in [0.2, 0.25) is 0 Å². The highest BCUT2D eigenvalue weighted by Gasteiger charge is 2.21. The van der Waals surface area contributed by atoms with Gasteiger partial charge in [-0.1, -0.05) is 40.2 Å². The number of carbonyl (C=O) groups excluding carboxylic acids is 1. The van der Waals surface area contributed by atoms with Gasteiger partial charge in [0.25, 0.3) is 5.69 Å². The number of nitro benzene ring substituents is 1. The quantitative estimate of drug-likeness (QED) is 0.299. The second kappa shape index (κ2) is 7.09. The highest BCUT2D eigenvalue weighted by atomic mass is 79.9. The molecule has 1 aromatic heterocycles. The fourth-order valence-electron chi connectivity index (χ4n) is 2.70. The van der Waals surface area contributed by atoms with E-state index in [0.29, 0.717) is 22.8 Å². The maximum absolute atomic E-state index is 12.5. The predicted molar refractivity (Wildman–Crippen MR) is 101 cm³/mol. The lowest BCUT2D eigenvalue weighted by atomic mass is 10.1. The molecule has 0 aliphatic heterocycles. The normalized spacial score (nSPS) is 10.7. The van der Waals surface area contributed by atoms with E-state index in [1.807, 2.05) is 6.07 Å². The van der Waals surface area contributed by atoms with Crippen molar-refractivity contribution in [2.24, 2.45) is 7.05 Å². The zero-order valence-corrected chi connectivity index (χ0v) is 15.5. The van der Waals surface area contributed by atoms with Crippen LogP contribution in [0.3, 0.4) is 0 Å². The lowest BCUT2D eigenvalue weighted by Crippen LogP contribution is -2.39. The number of Topliss-reactive ketones (excluding diaryl/α,β-unsaturated/α-hetero) is 1. The molecule has 0 unspecified atom stereocenters. The maximum atomic E-state index is 12.5. The summed E-state index contributed by atoms with van der Waals surface area (Å²) in [5, 5.41) is 11.0. The van der Waals surface area contributed by atoms with Crippen molar-refractivity contribution in [2.45, 2.75) is 6.54 Å².